The molecule has 2 heterocycles. The molecule has 3 N–H and O–H groups in total. The molecule has 0 saturated carbocycles. The van der Waals surface area contributed by atoms with Gasteiger partial charge in [0.15, 0.2) is 11.5 Å². The van der Waals surface area contributed by atoms with Gasteiger partial charge in [-0.25, -0.2) is 0 Å². The van der Waals surface area contributed by atoms with Crippen molar-refractivity contribution in [3.05, 3.63) is 36.0 Å². The van der Waals surface area contributed by atoms with Crippen molar-refractivity contribution in [3.63, 3.8) is 0 Å². The van der Waals surface area contributed by atoms with E-state index in [-0.39, 0.29) is 0 Å². The molecule has 3 aromatic rings. The Morgan fingerprint density at radius 1 is 1.12 bits per heavy atom. The Kier molecular flexibility index (Phi) is 2.04. The van der Waals surface area contributed by atoms with E-state index in [9.17, 15) is 0 Å². The van der Waals surface area contributed by atoms with Crippen molar-refractivity contribution in [3.8, 4) is 11.1 Å². The monoisotopic (exact) mass is 225 g/mol. The molecule has 84 valence electrons. The maximum absolute atomic E-state index is 5.87. The number of aromatic amines is 1. The zero-order valence-corrected chi connectivity index (χ0v) is 9.31. The molecule has 0 spiro atoms. The summed E-state index contributed by atoms with van der Waals surface area (Å²) in [7, 11) is 0. The van der Waals surface area contributed by atoms with Gasteiger partial charge in [0.2, 0.25) is 0 Å². The van der Waals surface area contributed by atoms with Crippen molar-refractivity contribution in [1.82, 2.24) is 20.4 Å². The summed E-state index contributed by atoms with van der Waals surface area (Å²) in [6.07, 6.45) is 0. The fourth-order valence-electron chi connectivity index (χ4n) is 1.98. The molecule has 0 bridgehead atoms. The number of benzene rings is 1. The van der Waals surface area contributed by atoms with E-state index in [1.54, 1.807) is 0 Å². The molecule has 5 heteroatoms. The van der Waals surface area contributed by atoms with Gasteiger partial charge in [-0.05, 0) is 12.5 Å². The highest BCUT2D eigenvalue weighted by atomic mass is 15.2. The first kappa shape index (κ1) is 9.77. The number of nitrogens with two attached hydrogens (primary N) is 1. The van der Waals surface area contributed by atoms with Crippen LogP contribution in [0.5, 0.6) is 0 Å². The average Bonchev–Trinajstić information content (AvgIpc) is 2.73. The molecule has 5 nitrogen and oxygen atoms in total. The SMILES string of the molecule is Cc1nnc2[nH]nc(N)c2c1-c1ccccc1. The third-order valence-electron chi connectivity index (χ3n) is 2.75. The second-order valence-electron chi connectivity index (χ2n) is 3.86. The van der Waals surface area contributed by atoms with Gasteiger partial charge in [0.05, 0.1) is 11.1 Å². The summed E-state index contributed by atoms with van der Waals surface area (Å²) in [5.41, 5.74) is 9.39. The van der Waals surface area contributed by atoms with Crippen LogP contribution in [0.1, 0.15) is 5.69 Å². The van der Waals surface area contributed by atoms with Gasteiger partial charge in [-0.3, -0.25) is 5.10 Å². The van der Waals surface area contributed by atoms with E-state index in [2.05, 4.69) is 20.4 Å². The van der Waals surface area contributed by atoms with Crippen LogP contribution in [0.4, 0.5) is 5.82 Å². The number of fused-ring (bicyclic) bond motifs is 1. The minimum Gasteiger partial charge on any atom is -0.382 e. The topological polar surface area (TPSA) is 80.5 Å². The lowest BCUT2D eigenvalue weighted by molar-refractivity contribution is 0.990. The summed E-state index contributed by atoms with van der Waals surface area (Å²) in [5, 5.41) is 15.7. The number of nitrogen functional groups attached to an aromatic ring is 1. The fourth-order valence-corrected chi connectivity index (χ4v) is 1.98. The largest absolute Gasteiger partial charge is 0.382 e. The molecule has 0 saturated heterocycles. The molecular formula is C12H11N5. The Hall–Kier alpha value is -2.43. The maximum atomic E-state index is 5.87. The first-order valence-corrected chi connectivity index (χ1v) is 5.29. The van der Waals surface area contributed by atoms with Crippen LogP contribution in [-0.4, -0.2) is 20.4 Å². The van der Waals surface area contributed by atoms with Gasteiger partial charge >= 0.3 is 0 Å². The van der Waals surface area contributed by atoms with E-state index < -0.39 is 0 Å². The van der Waals surface area contributed by atoms with Crippen molar-refractivity contribution in [2.75, 3.05) is 5.73 Å². The molecule has 0 amide bonds. The molecule has 0 unspecified atom stereocenters. The van der Waals surface area contributed by atoms with E-state index >= 15 is 0 Å². The number of hydrogen-bond acceptors (Lipinski definition) is 4. The van der Waals surface area contributed by atoms with Crippen LogP contribution in [0.15, 0.2) is 30.3 Å². The van der Waals surface area contributed by atoms with Gasteiger partial charge in [-0.2, -0.15) is 10.2 Å². The summed E-state index contributed by atoms with van der Waals surface area (Å²) in [5.74, 6) is 0.455. The first-order chi connectivity index (χ1) is 8.27. The van der Waals surface area contributed by atoms with Crippen LogP contribution in [0.2, 0.25) is 0 Å². The van der Waals surface area contributed by atoms with Crippen molar-refractivity contribution in [2.24, 2.45) is 0 Å². The van der Waals surface area contributed by atoms with E-state index in [1.165, 1.54) is 0 Å². The van der Waals surface area contributed by atoms with Crippen molar-refractivity contribution in [1.29, 1.82) is 0 Å². The van der Waals surface area contributed by atoms with Crippen LogP contribution in [0, 0.1) is 6.92 Å². The summed E-state index contributed by atoms with van der Waals surface area (Å²) in [4.78, 5) is 0. The van der Waals surface area contributed by atoms with Crippen LogP contribution in [0.25, 0.3) is 22.2 Å². The molecule has 0 aliphatic rings. The quantitative estimate of drug-likeness (QED) is 0.663. The Labute approximate surface area is 97.7 Å². The van der Waals surface area contributed by atoms with Gasteiger partial charge in [0.25, 0.3) is 0 Å². The normalized spacial score (nSPS) is 10.9. The minimum absolute atomic E-state index is 0.455. The second-order valence-corrected chi connectivity index (χ2v) is 3.86. The van der Waals surface area contributed by atoms with Crippen molar-refractivity contribution < 1.29 is 0 Å². The minimum atomic E-state index is 0.455. The number of nitrogens with one attached hydrogen (secondary N) is 1. The molecule has 0 fully saturated rings. The van der Waals surface area contributed by atoms with Gasteiger partial charge in [-0.15, -0.1) is 5.10 Å². The molecule has 3 rings (SSSR count). The number of H-pyrrole nitrogens is 1. The second kappa shape index (κ2) is 3.55. The highest BCUT2D eigenvalue weighted by Gasteiger charge is 2.14. The summed E-state index contributed by atoms with van der Waals surface area (Å²) in [6.45, 7) is 1.92. The molecule has 17 heavy (non-hydrogen) atoms. The number of aromatic nitrogens is 4. The van der Waals surface area contributed by atoms with E-state index in [0.717, 1.165) is 22.2 Å². The van der Waals surface area contributed by atoms with Crippen molar-refractivity contribution >= 4 is 16.9 Å². The number of aryl methyl sites for hydroxylation is 1. The van der Waals surface area contributed by atoms with E-state index in [1.807, 2.05) is 37.3 Å². The molecule has 0 aliphatic carbocycles. The van der Waals surface area contributed by atoms with E-state index in [0.29, 0.717) is 11.5 Å². The van der Waals surface area contributed by atoms with Crippen LogP contribution in [0.3, 0.4) is 0 Å². The molecular weight excluding hydrogens is 214 g/mol. The predicted octanol–water partition coefficient (Wildman–Crippen LogP) is 1.91. The molecule has 0 radical (unpaired) electrons. The van der Waals surface area contributed by atoms with Gasteiger partial charge < -0.3 is 5.73 Å². The number of hydrogen-bond donors (Lipinski definition) is 2. The zero-order valence-electron chi connectivity index (χ0n) is 9.31. The third kappa shape index (κ3) is 1.44. The lowest BCUT2D eigenvalue weighted by atomic mass is 10.0. The Bertz CT molecular complexity index is 672. The number of rotatable bonds is 1. The Morgan fingerprint density at radius 3 is 2.65 bits per heavy atom. The molecule has 2 aromatic heterocycles. The third-order valence-corrected chi connectivity index (χ3v) is 2.75. The standard InChI is InChI=1S/C12H11N5/c1-7-9(8-5-3-2-4-6-8)10-11(13)15-17-12(10)16-14-7/h2-6H,1H3,(H3,13,15,16,17). The van der Waals surface area contributed by atoms with Gasteiger partial charge in [-0.1, -0.05) is 30.3 Å². The number of anilines is 1. The fraction of sp³-hybridized carbons (Fsp3) is 0.0833. The molecule has 0 atom stereocenters. The van der Waals surface area contributed by atoms with Crippen LogP contribution in [-0.2, 0) is 0 Å². The van der Waals surface area contributed by atoms with Crippen molar-refractivity contribution in [2.45, 2.75) is 6.92 Å². The lowest BCUT2D eigenvalue weighted by Crippen LogP contribution is -1.94. The first-order valence-electron chi connectivity index (χ1n) is 5.29. The van der Waals surface area contributed by atoms with Crippen LogP contribution < -0.4 is 5.73 Å². The van der Waals surface area contributed by atoms with Gasteiger partial charge in [0, 0.05) is 5.56 Å². The zero-order chi connectivity index (χ0) is 11.8. The van der Waals surface area contributed by atoms with Crippen LogP contribution >= 0.6 is 0 Å². The highest BCUT2D eigenvalue weighted by molar-refractivity contribution is 6.00. The van der Waals surface area contributed by atoms with E-state index in [4.69, 9.17) is 5.73 Å². The highest BCUT2D eigenvalue weighted by Crippen LogP contribution is 2.31. The smallest absolute Gasteiger partial charge is 0.180 e. The summed E-state index contributed by atoms with van der Waals surface area (Å²) >= 11 is 0. The molecule has 1 aromatic carbocycles. The predicted molar refractivity (Wildman–Crippen MR) is 66.3 cm³/mol. The summed E-state index contributed by atoms with van der Waals surface area (Å²) < 4.78 is 0. The Balaban J connectivity index is 2.42. The number of nitrogens with zero attached hydrogens (tertiary/aromatic N) is 3. The average molecular weight is 225 g/mol. The lowest BCUT2D eigenvalue weighted by Gasteiger charge is -2.05. The van der Waals surface area contributed by atoms with Gasteiger partial charge in [0.1, 0.15) is 0 Å². The maximum Gasteiger partial charge on any atom is 0.180 e. The Morgan fingerprint density at radius 2 is 1.88 bits per heavy atom. The molecule has 0 aliphatic heterocycles. The summed E-state index contributed by atoms with van der Waals surface area (Å²) in [6, 6.07) is 9.99.